The molecule has 2 aromatic rings. The first kappa shape index (κ1) is 16.8. The monoisotopic (exact) mass is 408 g/mol. The zero-order valence-corrected chi connectivity index (χ0v) is 15.1. The van der Waals surface area contributed by atoms with E-state index in [1.54, 1.807) is 0 Å². The van der Waals surface area contributed by atoms with Crippen molar-refractivity contribution in [3.8, 4) is 11.1 Å². The van der Waals surface area contributed by atoms with E-state index in [4.69, 9.17) is 4.74 Å². The highest BCUT2D eigenvalue weighted by molar-refractivity contribution is 14.1. The van der Waals surface area contributed by atoms with E-state index in [1.165, 1.54) is 0 Å². The van der Waals surface area contributed by atoms with Gasteiger partial charge in [-0.15, -0.1) is 0 Å². The number of esters is 1. The number of ether oxygens (including phenoxy) is 1. The van der Waals surface area contributed by atoms with Crippen LogP contribution in [0, 0.1) is 9.64 Å². The lowest BCUT2D eigenvalue weighted by Gasteiger charge is -2.19. The van der Waals surface area contributed by atoms with Gasteiger partial charge >= 0.3 is 5.97 Å². The van der Waals surface area contributed by atoms with Crippen LogP contribution in [-0.4, -0.2) is 18.1 Å². The molecule has 1 N–H and O–H groups in total. The molecule has 3 nitrogen and oxygen atoms in total. The summed E-state index contributed by atoms with van der Waals surface area (Å²) in [6.45, 7) is 5.73. The first-order valence-electron chi connectivity index (χ1n) is 7.07. The molecule has 0 fully saturated rings. The Hall–Kier alpha value is -1.56. The molecule has 2 aromatic carbocycles. The second-order valence-electron chi connectivity index (χ2n) is 5.93. The predicted octanol–water partition coefficient (Wildman–Crippen LogP) is 4.51. The molecule has 0 aliphatic rings. The van der Waals surface area contributed by atoms with E-state index in [2.05, 4.69) is 34.0 Å². The van der Waals surface area contributed by atoms with Crippen LogP contribution in [0.1, 0.15) is 20.8 Å². The Morgan fingerprint density at radius 1 is 1.18 bits per heavy atom. The van der Waals surface area contributed by atoms with Gasteiger partial charge in [-0.1, -0.05) is 24.3 Å². The van der Waals surface area contributed by atoms with Crippen LogP contribution in [0.25, 0.3) is 11.1 Å². The summed E-state index contributed by atoms with van der Waals surface area (Å²) in [5, 5.41) is 3.07. The van der Waals surface area contributed by atoms with Gasteiger partial charge in [0.05, 0.1) is 0 Å². The third-order valence-corrected chi connectivity index (χ3v) is 3.44. The summed E-state index contributed by atoms with van der Waals surface area (Å²) in [4.78, 5) is 11.7. The zero-order valence-electron chi connectivity index (χ0n) is 12.9. The molecular weight excluding hydrogens is 389 g/mol. The summed E-state index contributed by atoms with van der Waals surface area (Å²) in [5.74, 6) is -0.262. The van der Waals surface area contributed by atoms with Crippen LogP contribution in [-0.2, 0) is 9.53 Å². The van der Waals surface area contributed by atoms with Gasteiger partial charge in [-0.05, 0) is 72.7 Å². The number of hydrogen-bond donors (Lipinski definition) is 1. The van der Waals surface area contributed by atoms with Gasteiger partial charge in [0, 0.05) is 15.3 Å². The van der Waals surface area contributed by atoms with Gasteiger partial charge in [0.25, 0.3) is 0 Å². The van der Waals surface area contributed by atoms with Crippen molar-refractivity contribution in [3.05, 3.63) is 52.1 Å². The molecule has 22 heavy (non-hydrogen) atoms. The predicted molar refractivity (Wildman–Crippen MR) is 97.8 cm³/mol. The van der Waals surface area contributed by atoms with E-state index in [9.17, 15) is 4.79 Å². The summed E-state index contributed by atoms with van der Waals surface area (Å²) >= 11 is 2.25. The maximum absolute atomic E-state index is 11.7. The molecule has 0 amide bonds. The normalized spacial score (nSPS) is 11.1. The third kappa shape index (κ3) is 5.33. The van der Waals surface area contributed by atoms with E-state index in [0.29, 0.717) is 0 Å². The van der Waals surface area contributed by atoms with Crippen molar-refractivity contribution in [3.63, 3.8) is 0 Å². The van der Waals surface area contributed by atoms with Crippen LogP contribution in [0.2, 0.25) is 0 Å². The van der Waals surface area contributed by atoms with Gasteiger partial charge in [-0.25, -0.2) is 0 Å². The molecular formula is C18H19INO2. The van der Waals surface area contributed by atoms with Crippen molar-refractivity contribution in [1.29, 1.82) is 0 Å². The van der Waals surface area contributed by atoms with Gasteiger partial charge < -0.3 is 10.1 Å². The number of rotatable bonds is 4. The van der Waals surface area contributed by atoms with Crippen LogP contribution < -0.4 is 5.32 Å². The molecule has 0 atom stereocenters. The lowest BCUT2D eigenvalue weighted by atomic mass is 10.1. The van der Waals surface area contributed by atoms with Crippen molar-refractivity contribution in [2.24, 2.45) is 0 Å². The summed E-state index contributed by atoms with van der Waals surface area (Å²) in [6.07, 6.45) is 0. The van der Waals surface area contributed by atoms with Crippen LogP contribution >= 0.6 is 22.6 Å². The molecule has 0 bridgehead atoms. The minimum absolute atomic E-state index is 0.159. The fraction of sp³-hybridized carbons (Fsp3) is 0.278. The summed E-state index contributed by atoms with van der Waals surface area (Å²) < 4.78 is 6.34. The Balaban J connectivity index is 1.96. The molecule has 115 valence electrons. The van der Waals surface area contributed by atoms with Gasteiger partial charge in [-0.2, -0.15) is 0 Å². The summed E-state index contributed by atoms with van der Waals surface area (Å²) in [7, 11) is 0. The van der Waals surface area contributed by atoms with Crippen LogP contribution in [0.5, 0.6) is 0 Å². The lowest BCUT2D eigenvalue weighted by molar-refractivity contribution is -0.152. The highest BCUT2D eigenvalue weighted by Gasteiger charge is 2.15. The molecule has 4 heteroatoms. The van der Waals surface area contributed by atoms with Gasteiger partial charge in [-0.3, -0.25) is 4.79 Å². The Morgan fingerprint density at radius 3 is 2.45 bits per heavy atom. The third-order valence-electron chi connectivity index (χ3n) is 2.81. The lowest BCUT2D eigenvalue weighted by Crippen LogP contribution is -2.28. The molecule has 0 aliphatic carbocycles. The largest absolute Gasteiger partial charge is 0.459 e. The second-order valence-corrected chi connectivity index (χ2v) is 7.09. The SMILES string of the molecule is CC(C)(C)OC(=O)CNc1ccc(-c2[c]c(I)ccc2)cc1. The minimum Gasteiger partial charge on any atom is -0.459 e. The number of nitrogens with one attached hydrogen (secondary N) is 1. The fourth-order valence-corrected chi connectivity index (χ4v) is 2.43. The maximum atomic E-state index is 11.7. The standard InChI is InChI=1S/C18H19INO2/c1-18(2,3)22-17(21)12-20-16-9-7-13(8-10-16)14-5-4-6-15(19)11-14/h4-10,20H,12H2,1-3H3. The maximum Gasteiger partial charge on any atom is 0.325 e. The number of anilines is 1. The van der Waals surface area contributed by atoms with Crippen molar-refractivity contribution in [1.82, 2.24) is 0 Å². The second kappa shape index (κ2) is 7.13. The number of hydrogen-bond acceptors (Lipinski definition) is 3. The van der Waals surface area contributed by atoms with Crippen LogP contribution in [0.15, 0.2) is 42.5 Å². The molecule has 0 aliphatic heterocycles. The van der Waals surface area contributed by atoms with E-state index in [1.807, 2.05) is 63.2 Å². The zero-order chi connectivity index (χ0) is 16.2. The highest BCUT2D eigenvalue weighted by atomic mass is 127. The molecule has 0 spiro atoms. The summed E-state index contributed by atoms with van der Waals surface area (Å²) in [6, 6.07) is 17.3. The molecule has 1 radical (unpaired) electrons. The van der Waals surface area contributed by atoms with Gasteiger partial charge in [0.2, 0.25) is 0 Å². The molecule has 2 rings (SSSR count). The molecule has 0 saturated carbocycles. The Kier molecular flexibility index (Phi) is 5.45. The molecule has 0 unspecified atom stereocenters. The summed E-state index contributed by atoms with van der Waals surface area (Å²) in [5.41, 5.74) is 2.59. The average Bonchev–Trinajstić information content (AvgIpc) is 2.44. The van der Waals surface area contributed by atoms with Crippen LogP contribution in [0.3, 0.4) is 0 Å². The number of halogens is 1. The van der Waals surface area contributed by atoms with Crippen molar-refractivity contribution in [2.45, 2.75) is 26.4 Å². The first-order valence-corrected chi connectivity index (χ1v) is 8.15. The van der Waals surface area contributed by atoms with Crippen molar-refractivity contribution < 1.29 is 9.53 Å². The molecule has 0 aromatic heterocycles. The van der Waals surface area contributed by atoms with E-state index in [0.717, 1.165) is 20.4 Å². The highest BCUT2D eigenvalue weighted by Crippen LogP contribution is 2.22. The number of benzene rings is 2. The Labute approximate surface area is 145 Å². The molecule has 0 saturated heterocycles. The van der Waals surface area contributed by atoms with Crippen molar-refractivity contribution in [2.75, 3.05) is 11.9 Å². The van der Waals surface area contributed by atoms with E-state index < -0.39 is 5.60 Å². The quantitative estimate of drug-likeness (QED) is 0.598. The van der Waals surface area contributed by atoms with E-state index >= 15 is 0 Å². The first-order chi connectivity index (χ1) is 10.3. The Morgan fingerprint density at radius 2 is 1.86 bits per heavy atom. The smallest absolute Gasteiger partial charge is 0.325 e. The van der Waals surface area contributed by atoms with Gasteiger partial charge in [0.15, 0.2) is 0 Å². The molecule has 0 heterocycles. The Bertz CT molecular complexity index is 645. The topological polar surface area (TPSA) is 38.3 Å². The minimum atomic E-state index is -0.455. The fourth-order valence-electron chi connectivity index (χ4n) is 1.93. The van der Waals surface area contributed by atoms with Crippen molar-refractivity contribution >= 4 is 34.2 Å². The van der Waals surface area contributed by atoms with E-state index in [-0.39, 0.29) is 12.5 Å². The number of carbonyl (C=O) groups is 1. The van der Waals surface area contributed by atoms with Crippen LogP contribution in [0.4, 0.5) is 5.69 Å². The van der Waals surface area contributed by atoms with Gasteiger partial charge in [0.1, 0.15) is 12.1 Å². The number of carbonyl (C=O) groups excluding carboxylic acids is 1. The average molecular weight is 408 g/mol.